The number of amides is 1. The number of pyridine rings is 1. The van der Waals surface area contributed by atoms with Crippen LogP contribution in [0.15, 0.2) is 93.5 Å². The Bertz CT molecular complexity index is 1180. The maximum atomic E-state index is 13.0. The van der Waals surface area contributed by atoms with Crippen molar-refractivity contribution in [1.82, 2.24) is 4.98 Å². The second-order valence-corrected chi connectivity index (χ2v) is 7.51. The van der Waals surface area contributed by atoms with Crippen LogP contribution in [-0.2, 0) is 4.79 Å². The van der Waals surface area contributed by atoms with Gasteiger partial charge in [-0.2, -0.15) is 10.1 Å². The molecule has 0 aliphatic carbocycles. The summed E-state index contributed by atoms with van der Waals surface area (Å²) in [7, 11) is 0. The molecule has 0 fully saturated rings. The number of carbonyl (C=O) groups excluding carboxylic acids is 1. The number of benzene rings is 2. The number of nitro benzene ring substituents is 1. The molecule has 2 heterocycles. The van der Waals surface area contributed by atoms with Crippen LogP contribution in [0.3, 0.4) is 0 Å². The highest BCUT2D eigenvalue weighted by Gasteiger charge is 2.29. The number of anilines is 1. The molecule has 148 valence electrons. The topological polar surface area (TPSA) is 88.7 Å². The molecule has 4 rings (SSSR count). The van der Waals surface area contributed by atoms with E-state index >= 15 is 0 Å². The van der Waals surface area contributed by atoms with E-state index in [1.54, 1.807) is 37.4 Å². The molecule has 0 radical (unpaired) electrons. The highest BCUT2D eigenvalue weighted by molar-refractivity contribution is 7.99. The van der Waals surface area contributed by atoms with Crippen LogP contribution in [0.2, 0.25) is 0 Å². The Morgan fingerprint density at radius 3 is 2.53 bits per heavy atom. The maximum absolute atomic E-state index is 13.0. The number of non-ortho nitro benzene ring substituents is 1. The predicted molar refractivity (Wildman–Crippen MR) is 116 cm³/mol. The van der Waals surface area contributed by atoms with Gasteiger partial charge in [-0.3, -0.25) is 14.9 Å². The average Bonchev–Trinajstić information content (AvgIpc) is 3.04. The van der Waals surface area contributed by atoms with E-state index in [2.05, 4.69) is 10.1 Å². The van der Waals surface area contributed by atoms with E-state index in [4.69, 9.17) is 0 Å². The number of para-hydroxylation sites is 1. The molecule has 0 atom stereocenters. The van der Waals surface area contributed by atoms with Crippen molar-refractivity contribution in [2.45, 2.75) is 16.8 Å². The maximum Gasteiger partial charge on any atom is 0.280 e. The lowest BCUT2D eigenvalue weighted by molar-refractivity contribution is -0.384. The molecular formula is C22H16N4O3S. The molecule has 0 saturated carbocycles. The number of rotatable bonds is 5. The first-order valence-electron chi connectivity index (χ1n) is 9.07. The smallest absolute Gasteiger partial charge is 0.267 e. The normalized spacial score (nSPS) is 14.8. The van der Waals surface area contributed by atoms with Gasteiger partial charge < -0.3 is 0 Å². The van der Waals surface area contributed by atoms with Gasteiger partial charge in [0.05, 0.1) is 21.9 Å². The lowest BCUT2D eigenvalue weighted by Gasteiger charge is -2.11. The van der Waals surface area contributed by atoms with Gasteiger partial charge in [-0.1, -0.05) is 36.0 Å². The highest BCUT2D eigenvalue weighted by atomic mass is 32.2. The Morgan fingerprint density at radius 1 is 1.07 bits per heavy atom. The van der Waals surface area contributed by atoms with Crippen molar-refractivity contribution in [2.24, 2.45) is 5.10 Å². The monoisotopic (exact) mass is 416 g/mol. The summed E-state index contributed by atoms with van der Waals surface area (Å²) in [4.78, 5) is 28.9. The number of hydrogen-bond donors (Lipinski definition) is 0. The van der Waals surface area contributed by atoms with Crippen molar-refractivity contribution in [1.29, 1.82) is 0 Å². The number of aromatic nitrogens is 1. The number of carbonyl (C=O) groups is 1. The first-order chi connectivity index (χ1) is 14.5. The van der Waals surface area contributed by atoms with Crippen LogP contribution in [0.5, 0.6) is 0 Å². The van der Waals surface area contributed by atoms with E-state index in [9.17, 15) is 14.9 Å². The standard InChI is InChI=1S/C22H16N4O3S/c1-15-19(22(27)25(24-15)17-7-3-2-4-8-17)14-16-13-18(26(28)29)10-11-20(16)30-21-9-5-6-12-23-21/h2-14H,1H3/b19-14-. The van der Waals surface area contributed by atoms with E-state index in [-0.39, 0.29) is 11.6 Å². The molecule has 8 heteroatoms. The van der Waals surface area contributed by atoms with E-state index < -0.39 is 4.92 Å². The minimum Gasteiger partial charge on any atom is -0.267 e. The van der Waals surface area contributed by atoms with Crippen molar-refractivity contribution < 1.29 is 9.72 Å². The molecular weight excluding hydrogens is 400 g/mol. The number of nitrogens with zero attached hydrogens (tertiary/aromatic N) is 4. The molecule has 7 nitrogen and oxygen atoms in total. The van der Waals surface area contributed by atoms with Crippen molar-refractivity contribution in [2.75, 3.05) is 5.01 Å². The Hall–Kier alpha value is -3.78. The molecule has 1 amide bonds. The van der Waals surface area contributed by atoms with Crippen LogP contribution in [0.4, 0.5) is 11.4 Å². The summed E-state index contributed by atoms with van der Waals surface area (Å²) < 4.78 is 0. The summed E-state index contributed by atoms with van der Waals surface area (Å²) in [5.41, 5.74) is 2.11. The van der Waals surface area contributed by atoms with Gasteiger partial charge in [0.2, 0.25) is 0 Å². The zero-order chi connectivity index (χ0) is 21.1. The molecule has 0 N–H and O–H groups in total. The second-order valence-electron chi connectivity index (χ2n) is 6.45. The molecule has 3 aromatic rings. The van der Waals surface area contributed by atoms with Crippen molar-refractivity contribution >= 4 is 40.8 Å². The van der Waals surface area contributed by atoms with Gasteiger partial charge in [0.15, 0.2) is 0 Å². The molecule has 0 spiro atoms. The summed E-state index contributed by atoms with van der Waals surface area (Å²) in [5, 5.41) is 17.7. The molecule has 2 aromatic carbocycles. The molecule has 1 aliphatic heterocycles. The van der Waals surface area contributed by atoms with Crippen molar-refractivity contribution in [3.8, 4) is 0 Å². The van der Waals surface area contributed by atoms with E-state index in [1.165, 1.54) is 28.9 Å². The Kier molecular flexibility index (Phi) is 5.40. The summed E-state index contributed by atoms with van der Waals surface area (Å²) in [6.07, 6.45) is 3.34. The van der Waals surface area contributed by atoms with Gasteiger partial charge in [0, 0.05) is 23.2 Å². The molecule has 0 saturated heterocycles. The highest BCUT2D eigenvalue weighted by Crippen LogP contribution is 2.34. The zero-order valence-electron chi connectivity index (χ0n) is 15.9. The zero-order valence-corrected chi connectivity index (χ0v) is 16.7. The van der Waals surface area contributed by atoms with Crippen LogP contribution >= 0.6 is 11.8 Å². The summed E-state index contributed by atoms with van der Waals surface area (Å²) in [5.74, 6) is -0.279. The third kappa shape index (κ3) is 3.99. The number of nitro groups is 1. The van der Waals surface area contributed by atoms with Gasteiger partial charge in [-0.15, -0.1) is 0 Å². The molecule has 30 heavy (non-hydrogen) atoms. The summed E-state index contributed by atoms with van der Waals surface area (Å²) in [6, 6.07) is 19.2. The summed E-state index contributed by atoms with van der Waals surface area (Å²) >= 11 is 1.37. The fourth-order valence-electron chi connectivity index (χ4n) is 2.96. The van der Waals surface area contributed by atoms with E-state index in [0.29, 0.717) is 22.5 Å². The second kappa shape index (κ2) is 8.30. The van der Waals surface area contributed by atoms with Crippen LogP contribution in [0, 0.1) is 10.1 Å². The van der Waals surface area contributed by atoms with Crippen molar-refractivity contribution in [3.05, 3.63) is 94.2 Å². The van der Waals surface area contributed by atoms with E-state index in [1.807, 2.05) is 36.4 Å². The molecule has 1 aliphatic rings. The fourth-order valence-corrected chi connectivity index (χ4v) is 3.82. The van der Waals surface area contributed by atoms with Gasteiger partial charge >= 0.3 is 0 Å². The third-order valence-electron chi connectivity index (χ3n) is 4.42. The van der Waals surface area contributed by atoms with Gasteiger partial charge in [0.1, 0.15) is 5.03 Å². The van der Waals surface area contributed by atoms with Crippen LogP contribution in [0.1, 0.15) is 12.5 Å². The van der Waals surface area contributed by atoms with Gasteiger partial charge in [-0.05, 0) is 48.9 Å². The number of hydrogen-bond acceptors (Lipinski definition) is 6. The molecule has 0 unspecified atom stereocenters. The quantitative estimate of drug-likeness (QED) is 0.334. The summed E-state index contributed by atoms with van der Waals surface area (Å²) in [6.45, 7) is 1.75. The van der Waals surface area contributed by atoms with Crippen LogP contribution < -0.4 is 5.01 Å². The third-order valence-corrected chi connectivity index (χ3v) is 5.46. The van der Waals surface area contributed by atoms with Crippen LogP contribution in [0.25, 0.3) is 6.08 Å². The largest absolute Gasteiger partial charge is 0.280 e. The average molecular weight is 416 g/mol. The Balaban J connectivity index is 1.74. The predicted octanol–water partition coefficient (Wildman–Crippen LogP) is 4.95. The molecule has 0 bridgehead atoms. The Labute approximate surface area is 176 Å². The van der Waals surface area contributed by atoms with Crippen molar-refractivity contribution in [3.63, 3.8) is 0 Å². The fraction of sp³-hybridized carbons (Fsp3) is 0.0455. The molecule has 1 aromatic heterocycles. The minimum absolute atomic E-state index is 0.0489. The van der Waals surface area contributed by atoms with Gasteiger partial charge in [-0.25, -0.2) is 4.98 Å². The minimum atomic E-state index is -0.453. The van der Waals surface area contributed by atoms with Gasteiger partial charge in [0.25, 0.3) is 11.6 Å². The lowest BCUT2D eigenvalue weighted by Crippen LogP contribution is -2.21. The first-order valence-corrected chi connectivity index (χ1v) is 9.88. The number of hydrazone groups is 1. The first kappa shape index (κ1) is 19.5. The van der Waals surface area contributed by atoms with Crippen LogP contribution in [-0.4, -0.2) is 21.5 Å². The van der Waals surface area contributed by atoms with E-state index in [0.717, 1.165) is 9.92 Å². The lowest BCUT2D eigenvalue weighted by atomic mass is 10.1. The Morgan fingerprint density at radius 2 is 1.83 bits per heavy atom. The SMILES string of the molecule is CC1=NN(c2ccccc2)C(=O)/C1=C\c1cc([N+](=O)[O-])ccc1Sc1ccccn1.